The highest BCUT2D eigenvalue weighted by atomic mass is 35.5. The van der Waals surface area contributed by atoms with Crippen LogP contribution in [0, 0.1) is 23.3 Å². The number of β-amino-alcohol motifs (C(OH)–C–C–N with tert-alkyl or cyclic N) is 1. The summed E-state index contributed by atoms with van der Waals surface area (Å²) in [6, 6.07) is 2.29. The first-order valence-corrected chi connectivity index (χ1v) is 9.45. The highest BCUT2D eigenvalue weighted by Gasteiger charge is 2.37. The Labute approximate surface area is 161 Å². The first-order chi connectivity index (χ1) is 13.0. The van der Waals surface area contributed by atoms with E-state index in [9.17, 15) is 35.9 Å². The summed E-state index contributed by atoms with van der Waals surface area (Å²) in [6.45, 7) is -0.472. The molecular formula is C16H11ClF4N2O4S. The zero-order valence-corrected chi connectivity index (χ0v) is 15.3. The van der Waals surface area contributed by atoms with Crippen molar-refractivity contribution in [2.75, 3.05) is 18.4 Å². The lowest BCUT2D eigenvalue weighted by molar-refractivity contribution is 0.0546. The van der Waals surface area contributed by atoms with Gasteiger partial charge in [-0.15, -0.1) is 0 Å². The van der Waals surface area contributed by atoms with Crippen molar-refractivity contribution in [1.82, 2.24) is 4.31 Å². The zero-order chi connectivity index (χ0) is 20.8. The number of nitrogens with one attached hydrogen (secondary N) is 1. The third-order valence-electron chi connectivity index (χ3n) is 3.95. The molecule has 0 bridgehead atoms. The highest BCUT2D eigenvalue weighted by molar-refractivity contribution is 7.89. The van der Waals surface area contributed by atoms with Crippen LogP contribution in [0.3, 0.4) is 0 Å². The van der Waals surface area contributed by atoms with Gasteiger partial charge >= 0.3 is 0 Å². The van der Waals surface area contributed by atoms with Gasteiger partial charge in [0.25, 0.3) is 5.91 Å². The molecule has 1 fully saturated rings. The minimum absolute atomic E-state index is 0.236. The largest absolute Gasteiger partial charge is 0.390 e. The van der Waals surface area contributed by atoms with Gasteiger partial charge in [0.05, 0.1) is 16.7 Å². The fourth-order valence-corrected chi connectivity index (χ4v) is 4.30. The van der Waals surface area contributed by atoms with Crippen molar-refractivity contribution in [3.8, 4) is 0 Å². The zero-order valence-electron chi connectivity index (χ0n) is 13.7. The van der Waals surface area contributed by atoms with Crippen LogP contribution in [0.2, 0.25) is 5.02 Å². The monoisotopic (exact) mass is 438 g/mol. The number of carbonyl (C=O) groups excluding carboxylic acids is 1. The van der Waals surface area contributed by atoms with E-state index in [-0.39, 0.29) is 13.1 Å². The van der Waals surface area contributed by atoms with Gasteiger partial charge in [-0.1, -0.05) is 11.6 Å². The molecular weight excluding hydrogens is 428 g/mol. The molecule has 1 heterocycles. The quantitative estimate of drug-likeness (QED) is 0.567. The first-order valence-electron chi connectivity index (χ1n) is 7.64. The van der Waals surface area contributed by atoms with E-state index in [1.165, 1.54) is 0 Å². The van der Waals surface area contributed by atoms with Crippen molar-refractivity contribution >= 4 is 33.2 Å². The topological polar surface area (TPSA) is 86.7 Å². The molecule has 28 heavy (non-hydrogen) atoms. The minimum atomic E-state index is -4.34. The summed E-state index contributed by atoms with van der Waals surface area (Å²) in [5.41, 5.74) is -0.954. The molecule has 6 nitrogen and oxygen atoms in total. The van der Waals surface area contributed by atoms with Crippen LogP contribution in [0.5, 0.6) is 0 Å². The Kier molecular flexibility index (Phi) is 5.36. The predicted octanol–water partition coefficient (Wildman–Crippen LogP) is 2.51. The van der Waals surface area contributed by atoms with Gasteiger partial charge in [0.2, 0.25) is 10.0 Å². The van der Waals surface area contributed by atoms with E-state index < -0.39 is 66.5 Å². The molecule has 12 heteroatoms. The van der Waals surface area contributed by atoms with Crippen LogP contribution >= 0.6 is 11.6 Å². The van der Waals surface area contributed by atoms with Crippen molar-refractivity contribution in [2.24, 2.45) is 0 Å². The molecule has 0 radical (unpaired) electrons. The average molecular weight is 439 g/mol. The second-order valence-corrected chi connectivity index (χ2v) is 8.26. The Hall–Kier alpha value is -2.21. The van der Waals surface area contributed by atoms with Gasteiger partial charge in [0.1, 0.15) is 10.7 Å². The summed E-state index contributed by atoms with van der Waals surface area (Å²) in [4.78, 5) is 11.5. The van der Waals surface area contributed by atoms with E-state index in [1.54, 1.807) is 0 Å². The molecule has 1 aliphatic heterocycles. The SMILES string of the molecule is O=C(Nc1cc(F)c(F)c(F)c1)c1cc(S(=O)(=O)N2CC(O)C2)c(F)cc1Cl. The lowest BCUT2D eigenvalue weighted by Crippen LogP contribution is -2.53. The molecule has 1 aliphatic rings. The number of aliphatic hydroxyl groups excluding tert-OH is 1. The lowest BCUT2D eigenvalue weighted by atomic mass is 10.2. The summed E-state index contributed by atoms with van der Waals surface area (Å²) >= 11 is 5.79. The van der Waals surface area contributed by atoms with Crippen LogP contribution in [-0.2, 0) is 10.0 Å². The van der Waals surface area contributed by atoms with Crippen molar-refractivity contribution in [3.05, 3.63) is 58.1 Å². The molecule has 0 atom stereocenters. The van der Waals surface area contributed by atoms with Crippen molar-refractivity contribution in [1.29, 1.82) is 0 Å². The number of carbonyl (C=O) groups is 1. The molecule has 2 aromatic carbocycles. The number of amides is 1. The fraction of sp³-hybridized carbons (Fsp3) is 0.188. The Morgan fingerprint density at radius 3 is 2.18 bits per heavy atom. The number of sulfonamides is 1. The molecule has 0 aliphatic carbocycles. The summed E-state index contributed by atoms with van der Waals surface area (Å²) in [6.07, 6.45) is -0.879. The van der Waals surface area contributed by atoms with Gasteiger partial charge in [-0.3, -0.25) is 4.79 Å². The second-order valence-electron chi connectivity index (χ2n) is 5.95. The summed E-state index contributed by atoms with van der Waals surface area (Å²) in [5, 5.41) is 10.8. The van der Waals surface area contributed by atoms with Crippen molar-refractivity contribution in [3.63, 3.8) is 0 Å². The number of aliphatic hydroxyl groups is 1. The normalized spacial score (nSPS) is 15.4. The molecule has 3 rings (SSSR count). The van der Waals surface area contributed by atoms with Crippen LogP contribution in [0.15, 0.2) is 29.2 Å². The summed E-state index contributed by atoms with van der Waals surface area (Å²) in [7, 11) is -4.34. The number of anilines is 1. The summed E-state index contributed by atoms with van der Waals surface area (Å²) < 4.78 is 79.3. The van der Waals surface area contributed by atoms with Gasteiger partial charge in [-0.2, -0.15) is 4.31 Å². The number of nitrogens with zero attached hydrogens (tertiary/aromatic N) is 1. The molecule has 0 saturated carbocycles. The Morgan fingerprint density at radius 2 is 1.64 bits per heavy atom. The predicted molar refractivity (Wildman–Crippen MR) is 90.4 cm³/mol. The van der Waals surface area contributed by atoms with Crippen molar-refractivity contribution in [2.45, 2.75) is 11.0 Å². The maximum Gasteiger partial charge on any atom is 0.257 e. The van der Waals surface area contributed by atoms with Crippen molar-refractivity contribution < 1.29 is 35.9 Å². The van der Waals surface area contributed by atoms with Crippen LogP contribution in [0.4, 0.5) is 23.2 Å². The van der Waals surface area contributed by atoms with Crippen LogP contribution < -0.4 is 5.32 Å². The number of rotatable bonds is 4. The third-order valence-corrected chi connectivity index (χ3v) is 6.11. The molecule has 1 amide bonds. The van der Waals surface area contributed by atoms with Crippen LogP contribution in [-0.4, -0.2) is 42.9 Å². The number of benzene rings is 2. The number of hydrogen-bond donors (Lipinski definition) is 2. The molecule has 150 valence electrons. The Morgan fingerprint density at radius 1 is 1.07 bits per heavy atom. The van der Waals surface area contributed by atoms with E-state index in [2.05, 4.69) is 0 Å². The second kappa shape index (κ2) is 7.32. The van der Waals surface area contributed by atoms with Gasteiger partial charge in [0.15, 0.2) is 17.5 Å². The third kappa shape index (κ3) is 3.70. The molecule has 0 spiro atoms. The smallest absolute Gasteiger partial charge is 0.257 e. The molecule has 0 unspecified atom stereocenters. The Balaban J connectivity index is 1.95. The standard InChI is InChI=1S/C16H11ClF4N2O4S/c17-10-4-11(18)14(28(26,27)23-5-8(24)6-23)3-9(10)16(25)22-7-1-12(19)15(21)13(20)2-7/h1-4,8,24H,5-6H2,(H,22,25). The Bertz CT molecular complexity index is 1050. The highest BCUT2D eigenvalue weighted by Crippen LogP contribution is 2.29. The number of hydrogen-bond acceptors (Lipinski definition) is 4. The van der Waals surface area contributed by atoms with Gasteiger partial charge < -0.3 is 10.4 Å². The van der Waals surface area contributed by atoms with E-state index in [0.29, 0.717) is 24.3 Å². The van der Waals surface area contributed by atoms with Crippen LogP contribution in [0.1, 0.15) is 10.4 Å². The van der Waals surface area contributed by atoms with Gasteiger partial charge in [-0.05, 0) is 12.1 Å². The lowest BCUT2D eigenvalue weighted by Gasteiger charge is -2.34. The molecule has 2 aromatic rings. The van der Waals surface area contributed by atoms with Gasteiger partial charge in [-0.25, -0.2) is 26.0 Å². The molecule has 1 saturated heterocycles. The van der Waals surface area contributed by atoms with E-state index in [0.717, 1.165) is 4.31 Å². The van der Waals surface area contributed by atoms with Gasteiger partial charge in [0, 0.05) is 30.9 Å². The molecule has 2 N–H and O–H groups in total. The minimum Gasteiger partial charge on any atom is -0.390 e. The molecule has 0 aromatic heterocycles. The summed E-state index contributed by atoms with van der Waals surface area (Å²) in [5.74, 6) is -7.17. The maximum absolute atomic E-state index is 14.2. The fourth-order valence-electron chi connectivity index (χ4n) is 2.48. The number of halogens is 5. The van der Waals surface area contributed by atoms with E-state index in [1.807, 2.05) is 5.32 Å². The van der Waals surface area contributed by atoms with Crippen LogP contribution in [0.25, 0.3) is 0 Å². The average Bonchev–Trinajstić information content (AvgIpc) is 2.56. The first kappa shape index (κ1) is 20.5. The van der Waals surface area contributed by atoms with E-state index >= 15 is 0 Å². The maximum atomic E-state index is 14.2. The van der Waals surface area contributed by atoms with E-state index in [4.69, 9.17) is 11.6 Å².